The van der Waals surface area contributed by atoms with Crippen LogP contribution in [0.3, 0.4) is 0 Å². The molecule has 0 saturated heterocycles. The number of aryl methyl sites for hydroxylation is 2. The maximum absolute atomic E-state index is 13.2. The van der Waals surface area contributed by atoms with Crippen LogP contribution in [0.4, 0.5) is 11.6 Å². The second kappa shape index (κ2) is 7.12. The number of nitrogens with one attached hydrogen (secondary N) is 1. The third kappa shape index (κ3) is 3.16. The predicted octanol–water partition coefficient (Wildman–Crippen LogP) is 2.52. The fourth-order valence-corrected chi connectivity index (χ4v) is 3.36. The van der Waals surface area contributed by atoms with E-state index in [4.69, 9.17) is 4.52 Å². The van der Waals surface area contributed by atoms with Crippen LogP contribution in [0.2, 0.25) is 0 Å². The summed E-state index contributed by atoms with van der Waals surface area (Å²) in [6.07, 6.45) is 0.691. The van der Waals surface area contributed by atoms with E-state index in [1.165, 1.54) is 0 Å². The van der Waals surface area contributed by atoms with Gasteiger partial charge in [-0.25, -0.2) is 4.68 Å². The van der Waals surface area contributed by atoms with Crippen molar-refractivity contribution in [3.8, 4) is 11.5 Å². The third-order valence-corrected chi connectivity index (χ3v) is 5.21. The van der Waals surface area contributed by atoms with E-state index in [9.17, 15) is 4.79 Å². The van der Waals surface area contributed by atoms with Crippen molar-refractivity contribution in [2.75, 3.05) is 17.3 Å². The number of amides is 1. The molecule has 10 heteroatoms. The van der Waals surface area contributed by atoms with Gasteiger partial charge in [-0.2, -0.15) is 4.98 Å². The van der Waals surface area contributed by atoms with E-state index < -0.39 is 0 Å². The molecule has 4 rings (SSSR count). The van der Waals surface area contributed by atoms with Crippen molar-refractivity contribution in [1.29, 1.82) is 0 Å². The van der Waals surface area contributed by atoms with Crippen molar-refractivity contribution >= 4 is 17.5 Å². The Bertz CT molecular complexity index is 1110. The quantitative estimate of drug-likeness (QED) is 0.718. The molecule has 0 radical (unpaired) electrons. The molecule has 29 heavy (non-hydrogen) atoms. The molecule has 10 nitrogen and oxygen atoms in total. The van der Waals surface area contributed by atoms with Crippen LogP contribution in [-0.4, -0.2) is 43.3 Å². The van der Waals surface area contributed by atoms with E-state index in [1.807, 2.05) is 57.8 Å². The molecule has 1 aliphatic rings. The monoisotopic (exact) mass is 394 g/mol. The van der Waals surface area contributed by atoms with Gasteiger partial charge in [-0.05, 0) is 48.9 Å². The number of tetrazole rings is 1. The molecule has 0 saturated carbocycles. The van der Waals surface area contributed by atoms with Crippen molar-refractivity contribution < 1.29 is 9.32 Å². The summed E-state index contributed by atoms with van der Waals surface area (Å²) in [5.41, 5.74) is 3.76. The lowest BCUT2D eigenvalue weighted by atomic mass is 10.0. The number of fused-ring (bicyclic) bond motifs is 1. The van der Waals surface area contributed by atoms with Crippen LogP contribution >= 0.6 is 0 Å². The fraction of sp³-hybridized carbons (Fsp3) is 0.368. The number of carbonyl (C=O) groups is 1. The summed E-state index contributed by atoms with van der Waals surface area (Å²) in [7, 11) is 1.84. The zero-order valence-electron chi connectivity index (χ0n) is 17.0. The van der Waals surface area contributed by atoms with Gasteiger partial charge in [0.15, 0.2) is 5.82 Å². The van der Waals surface area contributed by atoms with E-state index in [0.717, 1.165) is 16.8 Å². The highest BCUT2D eigenvalue weighted by molar-refractivity contribution is 6.06. The Hall–Kier alpha value is -3.56. The standard InChI is InChI=1S/C19H22N8O2/c1-6-15-21-18(29-23-15)13-8-7-10(2)14(9-13)20-17(28)16-11(3)26(5)19-22-24-25-27(19)12(16)4/h7-9,12H,6H2,1-5H3,(H,20,28). The third-order valence-electron chi connectivity index (χ3n) is 5.21. The molecule has 0 fully saturated rings. The number of benzene rings is 1. The number of rotatable bonds is 4. The van der Waals surface area contributed by atoms with Gasteiger partial charge in [-0.1, -0.05) is 23.2 Å². The molecular weight excluding hydrogens is 372 g/mol. The molecule has 3 heterocycles. The number of nitrogens with zero attached hydrogens (tertiary/aromatic N) is 7. The van der Waals surface area contributed by atoms with Crippen LogP contribution in [0.15, 0.2) is 34.0 Å². The summed E-state index contributed by atoms with van der Waals surface area (Å²) >= 11 is 0. The van der Waals surface area contributed by atoms with Gasteiger partial charge >= 0.3 is 0 Å². The van der Waals surface area contributed by atoms with Gasteiger partial charge < -0.3 is 14.7 Å². The Morgan fingerprint density at radius 3 is 2.83 bits per heavy atom. The van der Waals surface area contributed by atoms with E-state index >= 15 is 0 Å². The van der Waals surface area contributed by atoms with Crippen LogP contribution in [0.5, 0.6) is 0 Å². The molecular formula is C19H22N8O2. The average Bonchev–Trinajstić information content (AvgIpc) is 3.38. The minimum atomic E-state index is -0.289. The van der Waals surface area contributed by atoms with E-state index in [0.29, 0.717) is 35.3 Å². The summed E-state index contributed by atoms with van der Waals surface area (Å²) in [4.78, 5) is 19.4. The lowest BCUT2D eigenvalue weighted by Crippen LogP contribution is -2.34. The molecule has 1 amide bonds. The van der Waals surface area contributed by atoms with Gasteiger partial charge in [0.25, 0.3) is 11.8 Å². The van der Waals surface area contributed by atoms with Crippen LogP contribution in [-0.2, 0) is 11.2 Å². The minimum absolute atomic E-state index is 0.206. The van der Waals surface area contributed by atoms with Crippen LogP contribution in [0.25, 0.3) is 11.5 Å². The number of hydrogen-bond donors (Lipinski definition) is 1. The van der Waals surface area contributed by atoms with Gasteiger partial charge in [0.1, 0.15) is 0 Å². The number of allylic oxidation sites excluding steroid dienone is 1. The van der Waals surface area contributed by atoms with Crippen molar-refractivity contribution in [1.82, 2.24) is 30.3 Å². The van der Waals surface area contributed by atoms with Gasteiger partial charge in [0.05, 0.1) is 11.6 Å². The molecule has 0 spiro atoms. The maximum Gasteiger partial charge on any atom is 0.257 e. The SMILES string of the molecule is CCc1noc(-c2ccc(C)c(NC(=O)C3=C(C)N(C)c4nnnn4C3C)c2)n1. The average molecular weight is 394 g/mol. The first kappa shape index (κ1) is 18.8. The van der Waals surface area contributed by atoms with Gasteiger partial charge in [0.2, 0.25) is 5.95 Å². The first-order valence-electron chi connectivity index (χ1n) is 9.38. The second-order valence-corrected chi connectivity index (χ2v) is 7.01. The molecule has 1 aromatic carbocycles. The number of hydrogen-bond acceptors (Lipinski definition) is 8. The van der Waals surface area contributed by atoms with Crippen molar-refractivity contribution in [2.45, 2.75) is 40.2 Å². The number of anilines is 2. The second-order valence-electron chi connectivity index (χ2n) is 7.01. The van der Waals surface area contributed by atoms with E-state index in [-0.39, 0.29) is 11.9 Å². The van der Waals surface area contributed by atoms with Gasteiger partial charge in [-0.15, -0.1) is 0 Å². The van der Waals surface area contributed by atoms with E-state index in [1.54, 1.807) is 4.68 Å². The summed E-state index contributed by atoms with van der Waals surface area (Å²) in [6.45, 7) is 7.68. The topological polar surface area (TPSA) is 115 Å². The van der Waals surface area contributed by atoms with Crippen molar-refractivity contribution in [2.24, 2.45) is 0 Å². The van der Waals surface area contributed by atoms with Crippen LogP contribution in [0, 0.1) is 6.92 Å². The first-order valence-corrected chi connectivity index (χ1v) is 9.38. The molecule has 0 aliphatic carbocycles. The van der Waals surface area contributed by atoms with E-state index in [2.05, 4.69) is 31.0 Å². The zero-order chi connectivity index (χ0) is 20.7. The molecule has 150 valence electrons. The summed E-state index contributed by atoms with van der Waals surface area (Å²) in [5.74, 6) is 1.47. The molecule has 1 atom stereocenters. The fourth-order valence-electron chi connectivity index (χ4n) is 3.36. The lowest BCUT2D eigenvalue weighted by molar-refractivity contribution is -0.113. The Balaban J connectivity index is 1.64. The number of aromatic nitrogens is 6. The van der Waals surface area contributed by atoms with Gasteiger partial charge in [0, 0.05) is 30.4 Å². The Labute approximate surface area is 167 Å². The minimum Gasteiger partial charge on any atom is -0.334 e. The molecule has 1 N–H and O–H groups in total. The first-order chi connectivity index (χ1) is 13.9. The number of carbonyl (C=O) groups excluding carboxylic acids is 1. The highest BCUT2D eigenvalue weighted by atomic mass is 16.5. The molecule has 1 unspecified atom stereocenters. The molecule has 0 bridgehead atoms. The summed E-state index contributed by atoms with van der Waals surface area (Å²) in [6, 6.07) is 5.36. The smallest absolute Gasteiger partial charge is 0.257 e. The zero-order valence-corrected chi connectivity index (χ0v) is 17.0. The van der Waals surface area contributed by atoms with Crippen LogP contribution < -0.4 is 10.2 Å². The normalized spacial score (nSPS) is 16.2. The Kier molecular flexibility index (Phi) is 4.61. The predicted molar refractivity (Wildman–Crippen MR) is 106 cm³/mol. The van der Waals surface area contributed by atoms with Crippen LogP contribution in [0.1, 0.15) is 38.2 Å². The summed E-state index contributed by atoms with van der Waals surface area (Å²) < 4.78 is 6.96. The molecule has 2 aromatic heterocycles. The maximum atomic E-state index is 13.2. The highest BCUT2D eigenvalue weighted by Gasteiger charge is 2.32. The Morgan fingerprint density at radius 2 is 2.10 bits per heavy atom. The summed E-state index contributed by atoms with van der Waals surface area (Å²) in [5, 5.41) is 18.7. The lowest BCUT2D eigenvalue weighted by Gasteiger charge is -2.30. The Morgan fingerprint density at radius 1 is 1.31 bits per heavy atom. The molecule has 3 aromatic rings. The van der Waals surface area contributed by atoms with Crippen molar-refractivity contribution in [3.05, 3.63) is 40.9 Å². The molecule has 1 aliphatic heterocycles. The largest absolute Gasteiger partial charge is 0.334 e. The van der Waals surface area contributed by atoms with Gasteiger partial charge in [-0.3, -0.25) is 4.79 Å². The highest BCUT2D eigenvalue weighted by Crippen LogP contribution is 2.33. The van der Waals surface area contributed by atoms with Crippen molar-refractivity contribution in [3.63, 3.8) is 0 Å².